The number of benzene rings is 1. The molecule has 1 aromatic carbocycles. The average molecular weight is 311 g/mol. The number of ether oxygens (including phenoxy) is 1. The van der Waals surface area contributed by atoms with Crippen LogP contribution in [0.25, 0.3) is 11.4 Å². The van der Waals surface area contributed by atoms with E-state index in [0.29, 0.717) is 24.9 Å². The first kappa shape index (κ1) is 15.6. The summed E-state index contributed by atoms with van der Waals surface area (Å²) in [5.41, 5.74) is 5.09. The Hall–Kier alpha value is -2.27. The fourth-order valence-electron chi connectivity index (χ4n) is 2.62. The third kappa shape index (κ3) is 2.84. The van der Waals surface area contributed by atoms with Crippen LogP contribution in [-0.2, 0) is 18.0 Å². The summed E-state index contributed by atoms with van der Waals surface area (Å²) < 4.78 is 6.83. The Kier molecular flexibility index (Phi) is 4.13. The Morgan fingerprint density at radius 3 is 2.74 bits per heavy atom. The predicted molar refractivity (Wildman–Crippen MR) is 88.0 cm³/mol. The van der Waals surface area contributed by atoms with Gasteiger partial charge in [-0.05, 0) is 44.4 Å². The van der Waals surface area contributed by atoms with Gasteiger partial charge in [-0.1, -0.05) is 24.6 Å². The lowest BCUT2D eigenvalue weighted by molar-refractivity contribution is 0.0936. The quantitative estimate of drug-likeness (QED) is 0.812. The van der Waals surface area contributed by atoms with Crippen molar-refractivity contribution in [3.05, 3.63) is 46.3 Å². The first-order chi connectivity index (χ1) is 11.0. The molecule has 120 valence electrons. The lowest BCUT2D eigenvalue weighted by Crippen LogP contribution is -2.16. The standard InChI is InChI=1S/C18H21N3O2/c1-5-11(2)12(3)18(22)21-13(4)19-17(20-21)14-6-7-15-9-23-10-16(15)8-14/h6-8H,5,9-10H2,1-4H3/b12-11+. The van der Waals surface area contributed by atoms with Crippen LogP contribution in [0, 0.1) is 6.92 Å². The van der Waals surface area contributed by atoms with Crippen molar-refractivity contribution in [3.8, 4) is 11.4 Å². The fourth-order valence-corrected chi connectivity index (χ4v) is 2.62. The van der Waals surface area contributed by atoms with Crippen LogP contribution in [0.2, 0.25) is 0 Å². The minimum absolute atomic E-state index is 0.106. The van der Waals surface area contributed by atoms with Crippen molar-refractivity contribution in [1.29, 1.82) is 0 Å². The zero-order valence-corrected chi connectivity index (χ0v) is 14.0. The smallest absolute Gasteiger partial charge is 0.275 e. The number of hydrogen-bond donors (Lipinski definition) is 0. The maximum Gasteiger partial charge on any atom is 0.275 e. The molecule has 0 saturated carbocycles. The van der Waals surface area contributed by atoms with Gasteiger partial charge in [-0.25, -0.2) is 4.98 Å². The van der Waals surface area contributed by atoms with Gasteiger partial charge < -0.3 is 4.74 Å². The molecule has 1 aliphatic rings. The number of allylic oxidation sites excluding steroid dienone is 2. The van der Waals surface area contributed by atoms with Gasteiger partial charge in [-0.15, -0.1) is 5.10 Å². The summed E-state index contributed by atoms with van der Waals surface area (Å²) in [7, 11) is 0. The van der Waals surface area contributed by atoms with Gasteiger partial charge in [-0.3, -0.25) is 4.79 Å². The number of rotatable bonds is 3. The highest BCUT2D eigenvalue weighted by molar-refractivity contribution is 5.95. The molecule has 0 saturated heterocycles. The van der Waals surface area contributed by atoms with Gasteiger partial charge in [-0.2, -0.15) is 4.68 Å². The molecule has 0 amide bonds. The van der Waals surface area contributed by atoms with Gasteiger partial charge in [0.25, 0.3) is 5.91 Å². The van der Waals surface area contributed by atoms with E-state index in [4.69, 9.17) is 4.74 Å². The number of hydrogen-bond acceptors (Lipinski definition) is 4. The summed E-state index contributed by atoms with van der Waals surface area (Å²) in [5, 5.41) is 4.42. The van der Waals surface area contributed by atoms with Gasteiger partial charge >= 0.3 is 0 Å². The number of aryl methyl sites for hydroxylation is 1. The molecule has 5 nitrogen and oxygen atoms in total. The van der Waals surface area contributed by atoms with Crippen LogP contribution in [0.3, 0.4) is 0 Å². The molecule has 0 N–H and O–H groups in total. The molecular formula is C18H21N3O2. The van der Waals surface area contributed by atoms with Gasteiger partial charge in [0.2, 0.25) is 0 Å². The molecule has 0 radical (unpaired) electrons. The Bertz CT molecular complexity index is 803. The summed E-state index contributed by atoms with van der Waals surface area (Å²) >= 11 is 0. The van der Waals surface area contributed by atoms with E-state index < -0.39 is 0 Å². The maximum absolute atomic E-state index is 12.6. The van der Waals surface area contributed by atoms with Crippen molar-refractivity contribution in [1.82, 2.24) is 14.8 Å². The van der Waals surface area contributed by atoms with Crippen LogP contribution in [0.15, 0.2) is 29.3 Å². The normalized spacial score (nSPS) is 14.6. The number of aromatic nitrogens is 3. The number of fused-ring (bicyclic) bond motifs is 1. The van der Waals surface area contributed by atoms with Crippen molar-refractivity contribution in [2.75, 3.05) is 0 Å². The molecule has 1 aliphatic heterocycles. The van der Waals surface area contributed by atoms with Crippen molar-refractivity contribution in [3.63, 3.8) is 0 Å². The molecule has 0 bridgehead atoms. The first-order valence-corrected chi connectivity index (χ1v) is 7.86. The van der Waals surface area contributed by atoms with E-state index in [-0.39, 0.29) is 5.91 Å². The molecule has 2 heterocycles. The highest BCUT2D eigenvalue weighted by Gasteiger charge is 2.18. The monoisotopic (exact) mass is 311 g/mol. The van der Waals surface area contributed by atoms with Crippen molar-refractivity contribution >= 4 is 5.91 Å². The predicted octanol–water partition coefficient (Wildman–Crippen LogP) is 3.67. The number of nitrogens with zero attached hydrogens (tertiary/aromatic N) is 3. The van der Waals surface area contributed by atoms with Gasteiger partial charge in [0, 0.05) is 11.1 Å². The van der Waals surface area contributed by atoms with Crippen LogP contribution in [0.1, 0.15) is 48.9 Å². The van der Waals surface area contributed by atoms with Crippen molar-refractivity contribution in [2.24, 2.45) is 0 Å². The van der Waals surface area contributed by atoms with Crippen LogP contribution in [0.4, 0.5) is 0 Å². The highest BCUT2D eigenvalue weighted by atomic mass is 16.5. The molecule has 0 aliphatic carbocycles. The summed E-state index contributed by atoms with van der Waals surface area (Å²) in [6.45, 7) is 8.95. The molecule has 5 heteroatoms. The zero-order chi connectivity index (χ0) is 16.6. The van der Waals surface area contributed by atoms with E-state index in [1.54, 1.807) is 6.92 Å². The molecule has 0 unspecified atom stereocenters. The van der Waals surface area contributed by atoms with Crippen LogP contribution < -0.4 is 0 Å². The van der Waals surface area contributed by atoms with E-state index >= 15 is 0 Å². The van der Waals surface area contributed by atoms with Gasteiger partial charge in [0.05, 0.1) is 13.2 Å². The van der Waals surface area contributed by atoms with E-state index in [9.17, 15) is 4.79 Å². The maximum atomic E-state index is 12.6. The Labute approximate surface area is 136 Å². The molecule has 0 fully saturated rings. The number of carbonyl (C=O) groups excluding carboxylic acids is 1. The minimum Gasteiger partial charge on any atom is -0.372 e. The molecule has 0 atom stereocenters. The van der Waals surface area contributed by atoms with Crippen LogP contribution in [0.5, 0.6) is 0 Å². The molecule has 0 spiro atoms. The topological polar surface area (TPSA) is 57.0 Å². The Balaban J connectivity index is 1.97. The largest absolute Gasteiger partial charge is 0.372 e. The van der Waals surface area contributed by atoms with E-state index in [1.165, 1.54) is 15.8 Å². The molecule has 23 heavy (non-hydrogen) atoms. The minimum atomic E-state index is -0.106. The van der Waals surface area contributed by atoms with Crippen molar-refractivity contribution in [2.45, 2.75) is 47.3 Å². The van der Waals surface area contributed by atoms with Crippen LogP contribution >= 0.6 is 0 Å². The van der Waals surface area contributed by atoms with Gasteiger partial charge in [0.1, 0.15) is 5.82 Å². The zero-order valence-electron chi connectivity index (χ0n) is 14.0. The first-order valence-electron chi connectivity index (χ1n) is 7.86. The lowest BCUT2D eigenvalue weighted by atomic mass is 10.1. The van der Waals surface area contributed by atoms with Gasteiger partial charge in [0.15, 0.2) is 5.82 Å². The summed E-state index contributed by atoms with van der Waals surface area (Å²) in [6, 6.07) is 6.07. The Morgan fingerprint density at radius 1 is 1.26 bits per heavy atom. The molecular weight excluding hydrogens is 290 g/mol. The SMILES string of the molecule is CC/C(C)=C(\C)C(=O)n1nc(-c2ccc3c(c2)COC3)nc1C. The van der Waals surface area contributed by atoms with E-state index in [0.717, 1.165) is 23.1 Å². The highest BCUT2D eigenvalue weighted by Crippen LogP contribution is 2.25. The van der Waals surface area contributed by atoms with Crippen LogP contribution in [-0.4, -0.2) is 20.7 Å². The second-order valence-electron chi connectivity index (χ2n) is 5.93. The van der Waals surface area contributed by atoms with E-state index in [2.05, 4.69) is 10.1 Å². The molecule has 2 aromatic rings. The van der Waals surface area contributed by atoms with E-state index in [1.807, 2.05) is 39.0 Å². The fraction of sp³-hybridized carbons (Fsp3) is 0.389. The van der Waals surface area contributed by atoms with Crippen molar-refractivity contribution < 1.29 is 9.53 Å². The summed E-state index contributed by atoms with van der Waals surface area (Å²) in [4.78, 5) is 17.0. The molecule has 3 rings (SSSR count). The lowest BCUT2D eigenvalue weighted by Gasteiger charge is -2.05. The number of carbonyl (C=O) groups is 1. The third-order valence-electron chi connectivity index (χ3n) is 4.43. The summed E-state index contributed by atoms with van der Waals surface area (Å²) in [5.74, 6) is 1.07. The Morgan fingerprint density at radius 2 is 2.00 bits per heavy atom. The average Bonchev–Trinajstić information content (AvgIpc) is 3.18. The summed E-state index contributed by atoms with van der Waals surface area (Å²) in [6.07, 6.45) is 0.850. The second kappa shape index (κ2) is 6.08. The second-order valence-corrected chi connectivity index (χ2v) is 5.93. The third-order valence-corrected chi connectivity index (χ3v) is 4.43. The molecule has 1 aromatic heterocycles.